The van der Waals surface area contributed by atoms with E-state index in [4.69, 9.17) is 4.74 Å². The number of aromatic amines is 1. The molecule has 21 heavy (non-hydrogen) atoms. The summed E-state index contributed by atoms with van der Waals surface area (Å²) in [6.07, 6.45) is 3.28. The Morgan fingerprint density at radius 3 is 2.90 bits per heavy atom. The fourth-order valence-electron chi connectivity index (χ4n) is 2.55. The summed E-state index contributed by atoms with van der Waals surface area (Å²) in [6, 6.07) is 1.64. The van der Waals surface area contributed by atoms with Crippen LogP contribution >= 0.6 is 0 Å². The first kappa shape index (κ1) is 15.6. The molecular formula is C15H23N3O3. The highest BCUT2D eigenvalue weighted by Crippen LogP contribution is 2.14. The Hall–Kier alpha value is -1.82. The maximum absolute atomic E-state index is 11.8. The SMILES string of the molecule is Cc1cc(C)c(CNC(=O)NCC[C@H]2CCCO2)c(=O)[nH]1. The lowest BCUT2D eigenvalue weighted by atomic mass is 10.1. The van der Waals surface area contributed by atoms with Gasteiger partial charge in [0.25, 0.3) is 5.56 Å². The predicted molar refractivity (Wildman–Crippen MR) is 80.4 cm³/mol. The molecule has 2 heterocycles. The van der Waals surface area contributed by atoms with Gasteiger partial charge >= 0.3 is 6.03 Å². The first-order chi connectivity index (χ1) is 10.1. The average molecular weight is 293 g/mol. The maximum atomic E-state index is 11.8. The van der Waals surface area contributed by atoms with Gasteiger partial charge in [0.1, 0.15) is 0 Å². The lowest BCUT2D eigenvalue weighted by molar-refractivity contribution is 0.104. The Bertz CT molecular complexity index is 548. The molecule has 2 rings (SSSR count). The number of carbonyl (C=O) groups is 1. The van der Waals surface area contributed by atoms with Crippen LogP contribution in [0.15, 0.2) is 10.9 Å². The van der Waals surface area contributed by atoms with E-state index < -0.39 is 0 Å². The number of hydrogen-bond donors (Lipinski definition) is 3. The van der Waals surface area contributed by atoms with Crippen LogP contribution in [-0.2, 0) is 11.3 Å². The molecule has 3 N–H and O–H groups in total. The second-order valence-corrected chi connectivity index (χ2v) is 5.48. The van der Waals surface area contributed by atoms with Crippen molar-refractivity contribution in [2.45, 2.75) is 45.8 Å². The largest absolute Gasteiger partial charge is 0.378 e. The van der Waals surface area contributed by atoms with Crippen molar-refractivity contribution < 1.29 is 9.53 Å². The molecule has 2 amide bonds. The molecular weight excluding hydrogens is 270 g/mol. The summed E-state index contributed by atoms with van der Waals surface area (Å²) in [4.78, 5) is 26.3. The van der Waals surface area contributed by atoms with Crippen molar-refractivity contribution in [2.75, 3.05) is 13.2 Å². The van der Waals surface area contributed by atoms with Crippen molar-refractivity contribution in [3.63, 3.8) is 0 Å². The van der Waals surface area contributed by atoms with Gasteiger partial charge in [-0.25, -0.2) is 4.79 Å². The lowest BCUT2D eigenvalue weighted by Crippen LogP contribution is -2.37. The van der Waals surface area contributed by atoms with E-state index in [1.165, 1.54) is 0 Å². The molecule has 6 nitrogen and oxygen atoms in total. The molecule has 6 heteroatoms. The van der Waals surface area contributed by atoms with Crippen LogP contribution in [-0.4, -0.2) is 30.3 Å². The molecule has 1 fully saturated rings. The number of carbonyl (C=O) groups excluding carboxylic acids is 1. The van der Waals surface area contributed by atoms with Crippen LogP contribution in [0.4, 0.5) is 4.79 Å². The molecule has 116 valence electrons. The average Bonchev–Trinajstić information content (AvgIpc) is 2.90. The van der Waals surface area contributed by atoms with E-state index >= 15 is 0 Å². The van der Waals surface area contributed by atoms with E-state index in [-0.39, 0.29) is 24.2 Å². The monoisotopic (exact) mass is 293 g/mol. The van der Waals surface area contributed by atoms with E-state index in [0.717, 1.165) is 37.1 Å². The maximum Gasteiger partial charge on any atom is 0.315 e. The zero-order valence-corrected chi connectivity index (χ0v) is 12.6. The van der Waals surface area contributed by atoms with Crippen molar-refractivity contribution in [2.24, 2.45) is 0 Å². The molecule has 1 saturated heterocycles. The van der Waals surface area contributed by atoms with Gasteiger partial charge < -0.3 is 20.4 Å². The Morgan fingerprint density at radius 1 is 1.43 bits per heavy atom. The van der Waals surface area contributed by atoms with E-state index in [2.05, 4.69) is 15.6 Å². The predicted octanol–water partition coefficient (Wildman–Crippen LogP) is 1.36. The van der Waals surface area contributed by atoms with Crippen LogP contribution in [0.5, 0.6) is 0 Å². The van der Waals surface area contributed by atoms with E-state index in [9.17, 15) is 9.59 Å². The first-order valence-corrected chi connectivity index (χ1v) is 7.39. The number of aromatic nitrogens is 1. The highest BCUT2D eigenvalue weighted by Gasteiger charge is 2.15. The van der Waals surface area contributed by atoms with Gasteiger partial charge in [-0.3, -0.25) is 4.79 Å². The van der Waals surface area contributed by atoms with E-state index in [0.29, 0.717) is 12.1 Å². The molecule has 0 radical (unpaired) electrons. The fraction of sp³-hybridized carbons (Fsp3) is 0.600. The summed E-state index contributed by atoms with van der Waals surface area (Å²) in [6.45, 7) is 5.34. The minimum atomic E-state index is -0.257. The lowest BCUT2D eigenvalue weighted by Gasteiger charge is -2.11. The van der Waals surface area contributed by atoms with Crippen LogP contribution in [0.25, 0.3) is 0 Å². The zero-order valence-electron chi connectivity index (χ0n) is 12.6. The first-order valence-electron chi connectivity index (χ1n) is 7.39. The second kappa shape index (κ2) is 7.26. The molecule has 1 aliphatic heterocycles. The highest BCUT2D eigenvalue weighted by molar-refractivity contribution is 5.73. The van der Waals surface area contributed by atoms with Crippen molar-refractivity contribution in [3.8, 4) is 0 Å². The standard InChI is InChI=1S/C15H23N3O3/c1-10-8-11(2)18-14(19)13(10)9-17-15(20)16-6-5-12-4-3-7-21-12/h8,12H,3-7,9H2,1-2H3,(H,18,19)(H2,16,17,20)/t12-/m1/s1. The number of ether oxygens (including phenoxy) is 1. The summed E-state index contributed by atoms with van der Waals surface area (Å²) in [7, 11) is 0. The third kappa shape index (κ3) is 4.60. The summed E-state index contributed by atoms with van der Waals surface area (Å²) in [5.41, 5.74) is 2.15. The molecule has 0 aromatic carbocycles. The van der Waals surface area contributed by atoms with Crippen LogP contribution < -0.4 is 16.2 Å². The van der Waals surface area contributed by atoms with Crippen molar-refractivity contribution in [1.82, 2.24) is 15.6 Å². The minimum Gasteiger partial charge on any atom is -0.378 e. The molecule has 0 saturated carbocycles. The molecule has 1 atom stereocenters. The van der Waals surface area contributed by atoms with Gasteiger partial charge in [0.05, 0.1) is 12.6 Å². The number of rotatable bonds is 5. The van der Waals surface area contributed by atoms with Gasteiger partial charge in [0.15, 0.2) is 0 Å². The van der Waals surface area contributed by atoms with Crippen LogP contribution in [0.2, 0.25) is 0 Å². The smallest absolute Gasteiger partial charge is 0.315 e. The van der Waals surface area contributed by atoms with Gasteiger partial charge in [0, 0.05) is 24.4 Å². The normalized spacial score (nSPS) is 17.7. The Balaban J connectivity index is 1.75. The molecule has 0 bridgehead atoms. The molecule has 1 aliphatic rings. The minimum absolute atomic E-state index is 0.146. The van der Waals surface area contributed by atoms with Crippen LogP contribution in [0.1, 0.15) is 36.1 Å². The van der Waals surface area contributed by atoms with E-state index in [1.54, 1.807) is 0 Å². The number of urea groups is 1. The fourth-order valence-corrected chi connectivity index (χ4v) is 2.55. The van der Waals surface area contributed by atoms with Gasteiger partial charge in [-0.05, 0) is 44.7 Å². The molecule has 0 aliphatic carbocycles. The van der Waals surface area contributed by atoms with E-state index in [1.807, 2.05) is 19.9 Å². The second-order valence-electron chi connectivity index (χ2n) is 5.48. The number of hydrogen-bond acceptors (Lipinski definition) is 3. The van der Waals surface area contributed by atoms with Crippen LogP contribution in [0.3, 0.4) is 0 Å². The van der Waals surface area contributed by atoms with Gasteiger partial charge in [-0.1, -0.05) is 0 Å². The topological polar surface area (TPSA) is 83.2 Å². The molecule has 1 aromatic rings. The summed E-state index contributed by atoms with van der Waals surface area (Å²) >= 11 is 0. The third-order valence-electron chi connectivity index (χ3n) is 3.70. The molecule has 1 aromatic heterocycles. The van der Waals surface area contributed by atoms with Gasteiger partial charge in [0.2, 0.25) is 0 Å². The van der Waals surface area contributed by atoms with Crippen molar-refractivity contribution in [3.05, 3.63) is 33.2 Å². The quantitative estimate of drug-likeness (QED) is 0.766. The number of aryl methyl sites for hydroxylation is 2. The summed E-state index contributed by atoms with van der Waals surface area (Å²) in [5.74, 6) is 0. The molecule has 0 spiro atoms. The Morgan fingerprint density at radius 2 is 2.24 bits per heavy atom. The van der Waals surface area contributed by atoms with Crippen molar-refractivity contribution in [1.29, 1.82) is 0 Å². The van der Waals surface area contributed by atoms with Crippen LogP contribution in [0, 0.1) is 13.8 Å². The Kier molecular flexibility index (Phi) is 5.38. The van der Waals surface area contributed by atoms with Gasteiger partial charge in [-0.2, -0.15) is 0 Å². The zero-order chi connectivity index (χ0) is 15.2. The highest BCUT2D eigenvalue weighted by atomic mass is 16.5. The summed E-state index contributed by atoms with van der Waals surface area (Å²) in [5, 5.41) is 5.50. The summed E-state index contributed by atoms with van der Waals surface area (Å²) < 4.78 is 5.49. The number of amides is 2. The third-order valence-corrected chi connectivity index (χ3v) is 3.70. The number of nitrogens with one attached hydrogen (secondary N) is 3. The Labute approximate surface area is 124 Å². The van der Waals surface area contributed by atoms with Gasteiger partial charge in [-0.15, -0.1) is 0 Å². The number of pyridine rings is 1. The van der Waals surface area contributed by atoms with Crippen molar-refractivity contribution >= 4 is 6.03 Å². The number of H-pyrrole nitrogens is 1. The molecule has 0 unspecified atom stereocenters.